The molecule has 0 spiro atoms. The van der Waals surface area contributed by atoms with Crippen molar-refractivity contribution in [2.45, 2.75) is 84.3 Å². The van der Waals surface area contributed by atoms with Crippen LogP contribution in [0.15, 0.2) is 12.1 Å². The Morgan fingerprint density at radius 3 is 2.44 bits per heavy atom. The molecule has 1 saturated heterocycles. The van der Waals surface area contributed by atoms with E-state index in [4.69, 9.17) is 9.31 Å². The molecule has 1 aromatic heterocycles. The average Bonchev–Trinajstić information content (AvgIpc) is 3.22. The summed E-state index contributed by atoms with van der Waals surface area (Å²) in [6.07, 6.45) is 6.05. The smallest absolute Gasteiger partial charge is 0.399 e. The van der Waals surface area contributed by atoms with Gasteiger partial charge >= 0.3 is 7.12 Å². The second-order valence-corrected chi connectivity index (χ2v) is 11.3. The molecule has 0 N–H and O–H groups in total. The topological polar surface area (TPSA) is 38.8 Å². The van der Waals surface area contributed by atoms with Gasteiger partial charge in [-0.05, 0) is 101 Å². The van der Waals surface area contributed by atoms with E-state index in [1.54, 1.807) is 16.2 Å². The van der Waals surface area contributed by atoms with Gasteiger partial charge in [0.1, 0.15) is 5.82 Å². The molecule has 3 heterocycles. The molecule has 1 fully saturated rings. The Hall–Kier alpha value is -1.70. The zero-order valence-electron chi connectivity index (χ0n) is 19.6. The van der Waals surface area contributed by atoms with Crippen LogP contribution >= 0.6 is 11.3 Å². The second-order valence-electron chi connectivity index (χ2n) is 10.2. The van der Waals surface area contributed by atoms with Crippen LogP contribution in [0, 0.1) is 5.82 Å². The molecule has 7 heteroatoms. The zero-order valence-corrected chi connectivity index (χ0v) is 20.5. The van der Waals surface area contributed by atoms with Crippen molar-refractivity contribution in [2.24, 2.45) is 0 Å². The Bertz CT molecular complexity index is 1080. The molecule has 2 aliphatic heterocycles. The lowest BCUT2D eigenvalue weighted by molar-refractivity contribution is 0.00578. The van der Waals surface area contributed by atoms with Crippen molar-refractivity contribution in [3.8, 4) is 0 Å². The standard InChI is InChI=1S/C25H31BFNO3S/c1-6-16-19(26-30-24(2,3)25(4,5)31-26)13-15(27)14-20(16)28-12-11-18-17-9-7-8-10-21(17)32-22(18)23(28)29/h13-14H,6-12H2,1-5H3. The first kappa shape index (κ1) is 22.1. The van der Waals surface area contributed by atoms with Crippen LogP contribution in [0.25, 0.3) is 0 Å². The number of nitrogens with zero attached hydrogens (tertiary/aromatic N) is 1. The molecule has 0 radical (unpaired) electrons. The molecule has 1 amide bonds. The molecule has 32 heavy (non-hydrogen) atoms. The molecule has 0 saturated carbocycles. The lowest BCUT2D eigenvalue weighted by atomic mass is 9.74. The number of halogens is 1. The number of thiophene rings is 1. The summed E-state index contributed by atoms with van der Waals surface area (Å²) in [5.41, 5.74) is 3.89. The van der Waals surface area contributed by atoms with E-state index in [1.165, 1.54) is 41.0 Å². The SMILES string of the molecule is CCc1c(B2OC(C)(C)C(C)(C)O2)cc(F)cc1N1CCc2c(sc3c2CCCC3)C1=O. The maximum atomic E-state index is 14.9. The lowest BCUT2D eigenvalue weighted by Crippen LogP contribution is -2.42. The monoisotopic (exact) mass is 455 g/mol. The Balaban J connectivity index is 1.55. The second kappa shape index (κ2) is 7.68. The summed E-state index contributed by atoms with van der Waals surface area (Å²) in [6.45, 7) is 10.6. The highest BCUT2D eigenvalue weighted by Crippen LogP contribution is 2.40. The van der Waals surface area contributed by atoms with Crippen LogP contribution in [0.4, 0.5) is 10.1 Å². The van der Waals surface area contributed by atoms with E-state index >= 15 is 0 Å². The van der Waals surface area contributed by atoms with Gasteiger partial charge in [-0.25, -0.2) is 4.39 Å². The van der Waals surface area contributed by atoms with E-state index in [0.717, 1.165) is 29.7 Å². The van der Waals surface area contributed by atoms with Crippen molar-refractivity contribution in [3.63, 3.8) is 0 Å². The van der Waals surface area contributed by atoms with Gasteiger partial charge in [0.15, 0.2) is 0 Å². The van der Waals surface area contributed by atoms with Crippen LogP contribution in [-0.4, -0.2) is 30.8 Å². The third-order valence-corrected chi connectivity index (χ3v) is 9.00. The summed E-state index contributed by atoms with van der Waals surface area (Å²) >= 11 is 1.66. The average molecular weight is 455 g/mol. The molecule has 4 nitrogen and oxygen atoms in total. The molecule has 0 unspecified atom stereocenters. The van der Waals surface area contributed by atoms with Crippen LogP contribution in [0.2, 0.25) is 0 Å². The maximum Gasteiger partial charge on any atom is 0.495 e. The fourth-order valence-electron chi connectivity index (χ4n) is 5.20. The minimum absolute atomic E-state index is 0.00539. The van der Waals surface area contributed by atoms with Crippen molar-refractivity contribution in [1.29, 1.82) is 0 Å². The number of benzene rings is 1. The third kappa shape index (κ3) is 3.36. The summed E-state index contributed by atoms with van der Waals surface area (Å²) in [7, 11) is -0.658. The summed E-state index contributed by atoms with van der Waals surface area (Å²) < 4.78 is 27.4. The van der Waals surface area contributed by atoms with Gasteiger partial charge in [0, 0.05) is 17.1 Å². The minimum atomic E-state index is -0.658. The number of carbonyl (C=O) groups is 1. The molecule has 170 valence electrons. The molecule has 3 aliphatic rings. The van der Waals surface area contributed by atoms with Gasteiger partial charge in [0.25, 0.3) is 5.91 Å². The lowest BCUT2D eigenvalue weighted by Gasteiger charge is -2.32. The van der Waals surface area contributed by atoms with Gasteiger partial charge in [0.05, 0.1) is 16.1 Å². The highest BCUT2D eigenvalue weighted by molar-refractivity contribution is 7.14. The first-order valence-corrected chi connectivity index (χ1v) is 12.6. The molecule has 1 aliphatic carbocycles. The predicted octanol–water partition coefficient (Wildman–Crippen LogP) is 4.83. The first-order valence-electron chi connectivity index (χ1n) is 11.8. The van der Waals surface area contributed by atoms with Crippen molar-refractivity contribution in [1.82, 2.24) is 0 Å². The van der Waals surface area contributed by atoms with Gasteiger partial charge in [-0.1, -0.05) is 6.92 Å². The molecule has 0 atom stereocenters. The number of carbonyl (C=O) groups excluding carboxylic acids is 1. The first-order chi connectivity index (χ1) is 15.1. The highest BCUT2D eigenvalue weighted by atomic mass is 32.1. The van der Waals surface area contributed by atoms with Crippen molar-refractivity contribution >= 4 is 35.5 Å². The zero-order chi connectivity index (χ0) is 22.8. The van der Waals surface area contributed by atoms with E-state index in [1.807, 2.05) is 34.6 Å². The van der Waals surface area contributed by atoms with Crippen LogP contribution < -0.4 is 10.4 Å². The number of fused-ring (bicyclic) bond motifs is 3. The van der Waals surface area contributed by atoms with E-state index < -0.39 is 18.3 Å². The molecular weight excluding hydrogens is 424 g/mol. The third-order valence-electron chi connectivity index (χ3n) is 7.68. The van der Waals surface area contributed by atoms with Gasteiger partial charge in [0.2, 0.25) is 0 Å². The van der Waals surface area contributed by atoms with E-state index in [-0.39, 0.29) is 11.7 Å². The van der Waals surface area contributed by atoms with E-state index in [2.05, 4.69) is 0 Å². The number of hydrogen-bond donors (Lipinski definition) is 0. The fraction of sp³-hybridized carbons (Fsp3) is 0.560. The number of anilines is 1. The molecular formula is C25H31BFNO3S. The Kier molecular flexibility index (Phi) is 5.30. The Morgan fingerprint density at radius 1 is 1.06 bits per heavy atom. The van der Waals surface area contributed by atoms with Gasteiger partial charge in [-0.3, -0.25) is 4.79 Å². The summed E-state index contributed by atoms with van der Waals surface area (Å²) in [5.74, 6) is -0.364. The Morgan fingerprint density at radius 2 is 1.75 bits per heavy atom. The number of rotatable bonds is 3. The Labute approximate surface area is 194 Å². The molecule has 5 rings (SSSR count). The highest BCUT2D eigenvalue weighted by Gasteiger charge is 2.52. The van der Waals surface area contributed by atoms with Crippen LogP contribution in [-0.2, 0) is 35.0 Å². The van der Waals surface area contributed by atoms with Crippen LogP contribution in [0.5, 0.6) is 0 Å². The largest absolute Gasteiger partial charge is 0.495 e. The van der Waals surface area contributed by atoms with Crippen LogP contribution in [0.3, 0.4) is 0 Å². The van der Waals surface area contributed by atoms with Crippen molar-refractivity contribution in [2.75, 3.05) is 11.4 Å². The molecule has 2 aromatic rings. The van der Waals surface area contributed by atoms with E-state index in [9.17, 15) is 9.18 Å². The summed E-state index contributed by atoms with van der Waals surface area (Å²) in [6, 6.07) is 3.01. The molecule has 0 bridgehead atoms. The predicted molar refractivity (Wildman–Crippen MR) is 128 cm³/mol. The number of hydrogen-bond acceptors (Lipinski definition) is 4. The summed E-state index contributed by atoms with van der Waals surface area (Å²) in [5, 5.41) is 0. The van der Waals surface area contributed by atoms with E-state index in [0.29, 0.717) is 24.1 Å². The maximum absolute atomic E-state index is 14.9. The van der Waals surface area contributed by atoms with Crippen molar-refractivity contribution in [3.05, 3.63) is 44.4 Å². The summed E-state index contributed by atoms with van der Waals surface area (Å²) in [4.78, 5) is 17.6. The quantitative estimate of drug-likeness (QED) is 0.623. The van der Waals surface area contributed by atoms with Crippen LogP contribution in [0.1, 0.15) is 78.7 Å². The van der Waals surface area contributed by atoms with Gasteiger partial charge in [-0.15, -0.1) is 11.3 Å². The number of aryl methyl sites for hydroxylation is 1. The van der Waals surface area contributed by atoms with Gasteiger partial charge in [-0.2, -0.15) is 0 Å². The van der Waals surface area contributed by atoms with Gasteiger partial charge < -0.3 is 14.2 Å². The van der Waals surface area contributed by atoms with Crippen molar-refractivity contribution < 1.29 is 18.5 Å². The number of amides is 1. The minimum Gasteiger partial charge on any atom is -0.399 e. The molecule has 1 aromatic carbocycles. The normalized spacial score (nSPS) is 21.6. The fourth-order valence-corrected chi connectivity index (χ4v) is 6.58.